The van der Waals surface area contributed by atoms with Gasteiger partial charge in [0.25, 0.3) is 11.3 Å². The number of rotatable bonds is 1. The number of aliphatic imine (C=N–C) groups is 1. The number of amides is 1. The van der Waals surface area contributed by atoms with E-state index < -0.39 is 0 Å². The Hall–Kier alpha value is -1.46. The van der Waals surface area contributed by atoms with Gasteiger partial charge in [-0.3, -0.25) is 9.69 Å². The van der Waals surface area contributed by atoms with E-state index in [0.29, 0.717) is 19.2 Å². The molecule has 27 heavy (non-hydrogen) atoms. The van der Waals surface area contributed by atoms with E-state index in [1.54, 1.807) is 4.90 Å². The molecule has 144 valence electrons. The maximum Gasteiger partial charge on any atom is 0.300 e. The standard InChI is InChI=1S/C21H25ClN2O2S/c1-27-20(25)24-13-21(11-5-2-6-12-21)14-26-19(24)23-18-10-9-17(22)15-7-3-4-8-16(15)18/h4,8-10H,2-3,5-7,11-14H2,1H3. The van der Waals surface area contributed by atoms with Gasteiger partial charge in [-0.15, -0.1) is 0 Å². The van der Waals surface area contributed by atoms with Crippen molar-refractivity contribution in [3.05, 3.63) is 34.4 Å². The Morgan fingerprint density at radius 1 is 1.30 bits per heavy atom. The summed E-state index contributed by atoms with van der Waals surface area (Å²) in [5, 5.41) is 0.776. The molecule has 0 aromatic heterocycles. The minimum atomic E-state index is -0.00299. The van der Waals surface area contributed by atoms with Gasteiger partial charge in [0, 0.05) is 22.5 Å². The molecular weight excluding hydrogens is 380 g/mol. The molecule has 3 aliphatic rings. The van der Waals surface area contributed by atoms with Gasteiger partial charge >= 0.3 is 0 Å². The number of fused-ring (bicyclic) bond motifs is 1. The van der Waals surface area contributed by atoms with Crippen molar-refractivity contribution in [2.45, 2.75) is 44.9 Å². The average molecular weight is 405 g/mol. The third kappa shape index (κ3) is 3.77. The molecular formula is C21H25ClN2O2S. The summed E-state index contributed by atoms with van der Waals surface area (Å²) in [6, 6.07) is 4.24. The molecule has 1 heterocycles. The van der Waals surface area contributed by atoms with Crippen LogP contribution in [-0.2, 0) is 11.2 Å². The minimum absolute atomic E-state index is 0.00299. The zero-order chi connectivity index (χ0) is 18.9. The second kappa shape index (κ2) is 7.88. The lowest BCUT2D eigenvalue weighted by Crippen LogP contribution is -2.52. The molecule has 6 heteroatoms. The van der Waals surface area contributed by atoms with Gasteiger partial charge in [-0.25, -0.2) is 0 Å². The summed E-state index contributed by atoms with van der Waals surface area (Å²) in [7, 11) is 0. The van der Waals surface area contributed by atoms with Crippen LogP contribution in [0.25, 0.3) is 6.08 Å². The van der Waals surface area contributed by atoms with E-state index in [-0.39, 0.29) is 10.7 Å². The van der Waals surface area contributed by atoms with Crippen molar-refractivity contribution in [3.63, 3.8) is 0 Å². The second-order valence-corrected chi connectivity index (χ2v) is 8.86. The summed E-state index contributed by atoms with van der Waals surface area (Å²) in [6.07, 6.45) is 13.9. The Bertz CT molecular complexity index is 800. The van der Waals surface area contributed by atoms with E-state index >= 15 is 0 Å². The van der Waals surface area contributed by atoms with Gasteiger partial charge in [-0.1, -0.05) is 54.8 Å². The SMILES string of the molecule is CSC(=O)N1CC2(CCCCC2)COC1=Nc1ccc(Cl)c2c1C=CCC2. The number of carbonyl (C=O) groups is 1. The number of thioether (sulfide) groups is 1. The minimum Gasteiger partial charge on any atom is -0.464 e. The van der Waals surface area contributed by atoms with E-state index in [2.05, 4.69) is 12.2 Å². The van der Waals surface area contributed by atoms with Crippen molar-refractivity contribution in [1.82, 2.24) is 4.90 Å². The molecule has 0 bridgehead atoms. The summed E-state index contributed by atoms with van der Waals surface area (Å²) in [5.74, 6) is 0. The molecule has 1 aromatic carbocycles. The van der Waals surface area contributed by atoms with Gasteiger partial charge in [-0.05, 0) is 49.6 Å². The van der Waals surface area contributed by atoms with Crippen molar-refractivity contribution >= 4 is 46.4 Å². The van der Waals surface area contributed by atoms with Crippen LogP contribution in [0.5, 0.6) is 0 Å². The molecule has 4 rings (SSSR count). The zero-order valence-electron chi connectivity index (χ0n) is 15.7. The molecule has 0 atom stereocenters. The van der Waals surface area contributed by atoms with E-state index in [4.69, 9.17) is 21.3 Å². The fourth-order valence-electron chi connectivity index (χ4n) is 4.39. The average Bonchev–Trinajstić information content (AvgIpc) is 2.71. The first kappa shape index (κ1) is 18.9. The van der Waals surface area contributed by atoms with Gasteiger partial charge in [0.1, 0.15) is 0 Å². The van der Waals surface area contributed by atoms with E-state index in [1.165, 1.54) is 31.0 Å². The highest BCUT2D eigenvalue weighted by Crippen LogP contribution is 2.41. The summed E-state index contributed by atoms with van der Waals surface area (Å²) in [4.78, 5) is 19.1. The van der Waals surface area contributed by atoms with Crippen LogP contribution in [0.3, 0.4) is 0 Å². The summed E-state index contributed by atoms with van der Waals surface area (Å²) in [6.45, 7) is 1.35. The zero-order valence-corrected chi connectivity index (χ0v) is 17.2. The monoisotopic (exact) mass is 404 g/mol. The summed E-state index contributed by atoms with van der Waals surface area (Å²) >= 11 is 7.59. The van der Waals surface area contributed by atoms with Gasteiger partial charge < -0.3 is 4.74 Å². The van der Waals surface area contributed by atoms with Gasteiger partial charge in [0.15, 0.2) is 0 Å². The van der Waals surface area contributed by atoms with Crippen molar-refractivity contribution in [2.24, 2.45) is 10.4 Å². The Balaban J connectivity index is 1.68. The van der Waals surface area contributed by atoms with Crippen molar-refractivity contribution in [3.8, 4) is 0 Å². The maximum atomic E-state index is 12.6. The first-order valence-corrected chi connectivity index (χ1v) is 11.3. The van der Waals surface area contributed by atoms with Gasteiger partial charge in [-0.2, -0.15) is 4.99 Å². The molecule has 1 spiro atoms. The first-order chi connectivity index (χ1) is 13.1. The van der Waals surface area contributed by atoms with Crippen molar-refractivity contribution in [2.75, 3.05) is 19.4 Å². The van der Waals surface area contributed by atoms with Crippen molar-refractivity contribution < 1.29 is 9.53 Å². The third-order valence-electron chi connectivity index (χ3n) is 5.88. The quantitative estimate of drug-likeness (QED) is 0.571. The lowest BCUT2D eigenvalue weighted by atomic mass is 9.74. The van der Waals surface area contributed by atoms with Crippen LogP contribution in [0.15, 0.2) is 23.2 Å². The number of benzene rings is 1. The highest BCUT2D eigenvalue weighted by atomic mass is 35.5. The van der Waals surface area contributed by atoms with Crippen LogP contribution >= 0.6 is 23.4 Å². The Labute approximate surface area is 170 Å². The second-order valence-electron chi connectivity index (χ2n) is 7.70. The molecule has 1 aromatic rings. The van der Waals surface area contributed by atoms with Crippen LogP contribution in [0.4, 0.5) is 10.5 Å². The Morgan fingerprint density at radius 3 is 2.89 bits per heavy atom. The number of allylic oxidation sites excluding steroid dienone is 1. The maximum absolute atomic E-state index is 12.6. The number of hydrogen-bond acceptors (Lipinski definition) is 4. The Kier molecular flexibility index (Phi) is 5.51. The predicted octanol–water partition coefficient (Wildman–Crippen LogP) is 6.05. The molecule has 2 fully saturated rings. The fraction of sp³-hybridized carbons (Fsp3) is 0.524. The highest BCUT2D eigenvalue weighted by molar-refractivity contribution is 8.12. The number of carbonyl (C=O) groups excluding carboxylic acids is 1. The van der Waals surface area contributed by atoms with Crippen LogP contribution in [-0.4, -0.2) is 35.6 Å². The third-order valence-corrected chi connectivity index (χ3v) is 6.80. The molecule has 1 saturated heterocycles. The number of hydrogen-bond donors (Lipinski definition) is 0. The number of halogens is 1. The molecule has 1 amide bonds. The molecule has 4 nitrogen and oxygen atoms in total. The van der Waals surface area contributed by atoms with Crippen LogP contribution < -0.4 is 0 Å². The summed E-state index contributed by atoms with van der Waals surface area (Å²) in [5.41, 5.74) is 3.07. The number of amidine groups is 1. The first-order valence-electron chi connectivity index (χ1n) is 9.67. The molecule has 1 aliphatic heterocycles. The van der Waals surface area contributed by atoms with Crippen LogP contribution in [0.2, 0.25) is 5.02 Å². The van der Waals surface area contributed by atoms with Crippen LogP contribution in [0, 0.1) is 5.41 Å². The number of nitrogens with zero attached hydrogens (tertiary/aromatic N) is 2. The molecule has 2 aliphatic carbocycles. The predicted molar refractivity (Wildman–Crippen MR) is 113 cm³/mol. The topological polar surface area (TPSA) is 41.9 Å². The van der Waals surface area contributed by atoms with E-state index in [1.807, 2.05) is 18.4 Å². The van der Waals surface area contributed by atoms with E-state index in [0.717, 1.165) is 47.5 Å². The van der Waals surface area contributed by atoms with E-state index in [9.17, 15) is 4.79 Å². The lowest BCUT2D eigenvalue weighted by molar-refractivity contribution is 0.0282. The smallest absolute Gasteiger partial charge is 0.300 e. The van der Waals surface area contributed by atoms with Crippen LogP contribution in [0.1, 0.15) is 49.7 Å². The fourth-order valence-corrected chi connectivity index (χ4v) is 5.01. The Morgan fingerprint density at radius 2 is 2.11 bits per heavy atom. The largest absolute Gasteiger partial charge is 0.464 e. The highest BCUT2D eigenvalue weighted by Gasteiger charge is 2.42. The molecule has 1 saturated carbocycles. The molecule has 0 unspecified atom stereocenters. The van der Waals surface area contributed by atoms with Gasteiger partial charge in [0.2, 0.25) is 0 Å². The normalized spacial score (nSPS) is 22.6. The van der Waals surface area contributed by atoms with Gasteiger partial charge in [0.05, 0.1) is 12.3 Å². The molecule has 0 N–H and O–H groups in total. The molecule has 0 radical (unpaired) electrons. The lowest BCUT2D eigenvalue weighted by Gasteiger charge is -2.44. The number of ether oxygens (including phenoxy) is 1. The summed E-state index contributed by atoms with van der Waals surface area (Å²) < 4.78 is 6.12. The van der Waals surface area contributed by atoms with Crippen molar-refractivity contribution in [1.29, 1.82) is 0 Å².